The van der Waals surface area contributed by atoms with Gasteiger partial charge in [0.25, 0.3) is 5.56 Å². The van der Waals surface area contributed by atoms with Gasteiger partial charge >= 0.3 is 5.97 Å². The second-order valence-corrected chi connectivity index (χ2v) is 5.65. The van der Waals surface area contributed by atoms with Crippen molar-refractivity contribution in [2.45, 2.75) is 13.0 Å². The molecule has 0 amide bonds. The van der Waals surface area contributed by atoms with Crippen LogP contribution < -0.4 is 5.56 Å². The van der Waals surface area contributed by atoms with Gasteiger partial charge in [0.2, 0.25) is 0 Å². The maximum Gasteiger partial charge on any atom is 0.337 e. The molecule has 5 heteroatoms. The van der Waals surface area contributed by atoms with Crippen LogP contribution in [0, 0.1) is 0 Å². The predicted octanol–water partition coefficient (Wildman–Crippen LogP) is 2.25. The third-order valence-corrected chi connectivity index (χ3v) is 3.64. The summed E-state index contributed by atoms with van der Waals surface area (Å²) in [4.78, 5) is 26.1. The van der Waals surface area contributed by atoms with E-state index in [1.54, 1.807) is 34.9 Å². The Morgan fingerprint density at radius 1 is 1.17 bits per heavy atom. The molecule has 23 heavy (non-hydrogen) atoms. The van der Waals surface area contributed by atoms with Crippen molar-refractivity contribution in [3.05, 3.63) is 58.5 Å². The van der Waals surface area contributed by atoms with Crippen LogP contribution in [0.25, 0.3) is 11.1 Å². The Labute approximate surface area is 136 Å². The third kappa shape index (κ3) is 4.29. The quantitative estimate of drug-likeness (QED) is 0.768. The van der Waals surface area contributed by atoms with Gasteiger partial charge in [0.1, 0.15) is 0 Å². The van der Waals surface area contributed by atoms with Gasteiger partial charge in [-0.25, -0.2) is 4.79 Å². The van der Waals surface area contributed by atoms with Crippen LogP contribution in [0.4, 0.5) is 0 Å². The Kier molecular flexibility index (Phi) is 5.71. The molecule has 0 aliphatic carbocycles. The second kappa shape index (κ2) is 7.74. The number of ether oxygens (including phenoxy) is 1. The zero-order valence-corrected chi connectivity index (χ0v) is 13.8. The Morgan fingerprint density at radius 3 is 2.48 bits per heavy atom. The maximum absolute atomic E-state index is 12.6. The van der Waals surface area contributed by atoms with E-state index >= 15 is 0 Å². The fourth-order valence-electron chi connectivity index (χ4n) is 2.39. The molecule has 0 aliphatic rings. The molecule has 1 aromatic carbocycles. The van der Waals surface area contributed by atoms with Crippen molar-refractivity contribution >= 4 is 5.97 Å². The molecule has 0 fully saturated rings. The van der Waals surface area contributed by atoms with E-state index in [1.165, 1.54) is 7.11 Å². The number of hydrogen-bond acceptors (Lipinski definition) is 4. The molecule has 0 saturated carbocycles. The Hall–Kier alpha value is -2.40. The molecule has 0 atom stereocenters. The van der Waals surface area contributed by atoms with Crippen molar-refractivity contribution in [3.8, 4) is 11.1 Å². The number of aryl methyl sites for hydroxylation is 1. The van der Waals surface area contributed by atoms with Gasteiger partial charge in [-0.15, -0.1) is 0 Å². The number of carbonyl (C=O) groups excluding carboxylic acids is 1. The highest BCUT2D eigenvalue weighted by atomic mass is 16.5. The molecule has 1 heterocycles. The Bertz CT molecular complexity index is 718. The van der Waals surface area contributed by atoms with E-state index in [-0.39, 0.29) is 11.5 Å². The van der Waals surface area contributed by atoms with E-state index in [0.717, 1.165) is 18.5 Å². The number of benzene rings is 1. The SMILES string of the molecule is COC(=O)c1ccc(-c2cccn(CCCN(C)C)c2=O)cc1. The molecule has 0 unspecified atom stereocenters. The summed E-state index contributed by atoms with van der Waals surface area (Å²) in [6.07, 6.45) is 2.72. The van der Waals surface area contributed by atoms with Crippen molar-refractivity contribution < 1.29 is 9.53 Å². The van der Waals surface area contributed by atoms with Gasteiger partial charge in [-0.1, -0.05) is 12.1 Å². The van der Waals surface area contributed by atoms with Crippen molar-refractivity contribution in [2.75, 3.05) is 27.7 Å². The molecule has 1 aromatic heterocycles. The molecule has 0 bridgehead atoms. The zero-order valence-electron chi connectivity index (χ0n) is 13.8. The third-order valence-electron chi connectivity index (χ3n) is 3.64. The first-order valence-corrected chi connectivity index (χ1v) is 7.56. The number of carbonyl (C=O) groups is 1. The van der Waals surface area contributed by atoms with Crippen molar-refractivity contribution in [3.63, 3.8) is 0 Å². The average Bonchev–Trinajstić information content (AvgIpc) is 2.55. The van der Waals surface area contributed by atoms with E-state index in [9.17, 15) is 9.59 Å². The van der Waals surface area contributed by atoms with E-state index < -0.39 is 0 Å². The van der Waals surface area contributed by atoms with Gasteiger partial charge < -0.3 is 14.2 Å². The summed E-state index contributed by atoms with van der Waals surface area (Å²) in [5.74, 6) is -0.384. The Morgan fingerprint density at radius 2 is 1.87 bits per heavy atom. The summed E-state index contributed by atoms with van der Waals surface area (Å²) in [6.45, 7) is 1.62. The van der Waals surface area contributed by atoms with Crippen LogP contribution in [0.5, 0.6) is 0 Å². The summed E-state index contributed by atoms with van der Waals surface area (Å²) < 4.78 is 6.41. The van der Waals surface area contributed by atoms with E-state index in [4.69, 9.17) is 0 Å². The van der Waals surface area contributed by atoms with E-state index in [1.807, 2.05) is 26.4 Å². The largest absolute Gasteiger partial charge is 0.465 e. The van der Waals surface area contributed by atoms with Gasteiger partial charge in [-0.2, -0.15) is 0 Å². The van der Waals surface area contributed by atoms with Crippen LogP contribution in [0.1, 0.15) is 16.8 Å². The number of nitrogens with zero attached hydrogens (tertiary/aromatic N) is 2. The van der Waals surface area contributed by atoms with Crippen molar-refractivity contribution in [1.29, 1.82) is 0 Å². The number of aromatic nitrogens is 1. The summed E-state index contributed by atoms with van der Waals surface area (Å²) >= 11 is 0. The minimum absolute atomic E-state index is 0.0166. The Balaban J connectivity index is 2.23. The molecule has 0 aliphatic heterocycles. The van der Waals surface area contributed by atoms with Crippen LogP contribution >= 0.6 is 0 Å². The van der Waals surface area contributed by atoms with Crippen LogP contribution in [0.2, 0.25) is 0 Å². The minimum Gasteiger partial charge on any atom is -0.465 e. The van der Waals surface area contributed by atoms with Crippen LogP contribution in [-0.2, 0) is 11.3 Å². The fourth-order valence-corrected chi connectivity index (χ4v) is 2.39. The summed E-state index contributed by atoms with van der Waals surface area (Å²) in [7, 11) is 5.38. The topological polar surface area (TPSA) is 51.5 Å². The van der Waals surface area contributed by atoms with Crippen molar-refractivity contribution in [1.82, 2.24) is 9.47 Å². The lowest BCUT2D eigenvalue weighted by molar-refractivity contribution is 0.0601. The lowest BCUT2D eigenvalue weighted by Crippen LogP contribution is -2.23. The first-order valence-electron chi connectivity index (χ1n) is 7.56. The first-order chi connectivity index (χ1) is 11.0. The maximum atomic E-state index is 12.6. The fraction of sp³-hybridized carbons (Fsp3) is 0.333. The lowest BCUT2D eigenvalue weighted by atomic mass is 10.1. The van der Waals surface area contributed by atoms with Crippen LogP contribution in [-0.4, -0.2) is 43.2 Å². The lowest BCUT2D eigenvalue weighted by Gasteiger charge is -2.11. The van der Waals surface area contributed by atoms with Crippen molar-refractivity contribution in [2.24, 2.45) is 0 Å². The average molecular weight is 314 g/mol. The molecule has 0 N–H and O–H groups in total. The standard InChI is InChI=1S/C18H22N2O3/c1-19(2)11-5-13-20-12-4-6-16(17(20)21)14-7-9-15(10-8-14)18(22)23-3/h4,6-10,12H,5,11,13H2,1-3H3. The second-order valence-electron chi connectivity index (χ2n) is 5.65. The molecule has 0 spiro atoms. The molecule has 2 aromatic rings. The molecule has 2 rings (SSSR count). The zero-order chi connectivity index (χ0) is 16.8. The summed E-state index contributed by atoms with van der Waals surface area (Å²) in [5.41, 5.74) is 1.88. The number of hydrogen-bond donors (Lipinski definition) is 0. The van der Waals surface area contributed by atoms with E-state index in [2.05, 4.69) is 9.64 Å². The summed E-state index contributed by atoms with van der Waals surface area (Å²) in [6, 6.07) is 10.6. The number of methoxy groups -OCH3 is 1. The normalized spacial score (nSPS) is 10.8. The molecule has 5 nitrogen and oxygen atoms in total. The van der Waals surface area contributed by atoms with E-state index in [0.29, 0.717) is 17.7 Å². The van der Waals surface area contributed by atoms with Crippen LogP contribution in [0.15, 0.2) is 47.4 Å². The van der Waals surface area contributed by atoms with Gasteiger partial charge in [0.15, 0.2) is 0 Å². The number of rotatable bonds is 6. The number of esters is 1. The van der Waals surface area contributed by atoms with Gasteiger partial charge in [-0.05, 0) is 56.9 Å². The monoisotopic (exact) mass is 314 g/mol. The van der Waals surface area contributed by atoms with Crippen LogP contribution in [0.3, 0.4) is 0 Å². The smallest absolute Gasteiger partial charge is 0.337 e. The van der Waals surface area contributed by atoms with Gasteiger partial charge in [-0.3, -0.25) is 4.79 Å². The molecule has 0 saturated heterocycles. The summed E-state index contributed by atoms with van der Waals surface area (Å²) in [5, 5.41) is 0. The van der Waals surface area contributed by atoms with Gasteiger partial charge in [0, 0.05) is 18.3 Å². The molecule has 0 radical (unpaired) electrons. The highest BCUT2D eigenvalue weighted by molar-refractivity contribution is 5.89. The molecule has 122 valence electrons. The molecular formula is C18H22N2O3. The van der Waals surface area contributed by atoms with Gasteiger partial charge in [0.05, 0.1) is 12.7 Å². The minimum atomic E-state index is -0.384. The number of pyridine rings is 1. The first kappa shape index (κ1) is 17.0. The molecular weight excluding hydrogens is 292 g/mol. The predicted molar refractivity (Wildman–Crippen MR) is 90.6 cm³/mol. The highest BCUT2D eigenvalue weighted by Gasteiger charge is 2.08. The highest BCUT2D eigenvalue weighted by Crippen LogP contribution is 2.16.